The van der Waals surface area contributed by atoms with Gasteiger partial charge in [0, 0.05) is 5.56 Å². The molecule has 0 saturated carbocycles. The largest absolute Gasteiger partial charge is 0.452 e. The van der Waals surface area contributed by atoms with Gasteiger partial charge in [-0.3, -0.25) is 0 Å². The van der Waals surface area contributed by atoms with Gasteiger partial charge in [-0.2, -0.15) is 4.90 Å². The smallest absolute Gasteiger partial charge is 0.423 e. The van der Waals surface area contributed by atoms with E-state index >= 15 is 0 Å². The Morgan fingerprint density at radius 3 is 2.30 bits per heavy atom. The molecular formula is C20H22N2O5. The summed E-state index contributed by atoms with van der Waals surface area (Å²) in [6.45, 7) is 3.90. The minimum atomic E-state index is -0.853. The summed E-state index contributed by atoms with van der Waals surface area (Å²) in [6, 6.07) is 14.7. The van der Waals surface area contributed by atoms with E-state index in [0.717, 1.165) is 16.0 Å². The number of nitrogens with zero attached hydrogens (tertiary/aromatic N) is 2. The van der Waals surface area contributed by atoms with Gasteiger partial charge < -0.3 is 14.3 Å². The van der Waals surface area contributed by atoms with E-state index in [1.807, 2.05) is 38.1 Å². The number of carbonyl (C=O) groups is 2. The number of hydrogen-bond donors (Lipinski definition) is 0. The molecule has 0 bridgehead atoms. The molecule has 0 fully saturated rings. The van der Waals surface area contributed by atoms with Crippen molar-refractivity contribution in [3.8, 4) is 0 Å². The van der Waals surface area contributed by atoms with E-state index in [1.165, 1.54) is 14.2 Å². The number of hydrogen-bond acceptors (Lipinski definition) is 6. The van der Waals surface area contributed by atoms with E-state index in [1.54, 1.807) is 24.3 Å². The van der Waals surface area contributed by atoms with Crippen molar-refractivity contribution in [1.82, 2.24) is 0 Å². The molecule has 0 unspecified atom stereocenters. The van der Waals surface area contributed by atoms with Gasteiger partial charge >= 0.3 is 12.2 Å². The maximum Gasteiger partial charge on any atom is 0.423 e. The summed E-state index contributed by atoms with van der Waals surface area (Å²) in [6.07, 6.45) is -1.71. The first kappa shape index (κ1) is 20.0. The van der Waals surface area contributed by atoms with E-state index in [2.05, 4.69) is 14.6 Å². The van der Waals surface area contributed by atoms with Gasteiger partial charge in [0.25, 0.3) is 0 Å². The highest BCUT2D eigenvalue weighted by Crippen LogP contribution is 2.23. The summed E-state index contributed by atoms with van der Waals surface area (Å²) in [4.78, 5) is 30.2. The van der Waals surface area contributed by atoms with Gasteiger partial charge in [-0.1, -0.05) is 53.2 Å². The van der Waals surface area contributed by atoms with E-state index in [-0.39, 0.29) is 6.61 Å². The average molecular weight is 370 g/mol. The van der Waals surface area contributed by atoms with Gasteiger partial charge in [0.2, 0.25) is 0 Å². The highest BCUT2D eigenvalue weighted by molar-refractivity contribution is 6.09. The molecule has 0 N–H and O–H groups in total. The van der Waals surface area contributed by atoms with Gasteiger partial charge in [-0.25, -0.2) is 9.59 Å². The standard InChI is InChI=1S/C20H22N2O5/c1-14-8-7-10-16(12-14)15(2)21-27-13-17-9-5-6-11-18(17)22(19(23)25-3)20(24)26-4/h5-12H,13H2,1-4H3. The molecule has 27 heavy (non-hydrogen) atoms. The lowest BCUT2D eigenvalue weighted by atomic mass is 10.1. The van der Waals surface area contributed by atoms with Crippen LogP contribution in [-0.2, 0) is 20.9 Å². The SMILES string of the molecule is COC(=O)N(C(=O)OC)c1ccccc1CON=C(C)c1cccc(C)c1. The van der Waals surface area contributed by atoms with E-state index < -0.39 is 12.2 Å². The molecule has 0 aliphatic rings. The van der Waals surface area contributed by atoms with Crippen molar-refractivity contribution < 1.29 is 23.9 Å². The number of imide groups is 1. The monoisotopic (exact) mass is 370 g/mol. The Morgan fingerprint density at radius 2 is 1.67 bits per heavy atom. The van der Waals surface area contributed by atoms with Crippen LogP contribution in [0, 0.1) is 6.92 Å². The molecule has 7 nitrogen and oxygen atoms in total. The molecule has 142 valence electrons. The first-order valence-corrected chi connectivity index (χ1v) is 8.25. The third-order valence-electron chi connectivity index (χ3n) is 3.80. The summed E-state index contributed by atoms with van der Waals surface area (Å²) in [7, 11) is 2.37. The molecule has 0 heterocycles. The summed E-state index contributed by atoms with van der Waals surface area (Å²) in [5.41, 5.74) is 3.68. The lowest BCUT2D eigenvalue weighted by Crippen LogP contribution is -2.37. The number of rotatable bonds is 5. The molecule has 2 rings (SSSR count). The number of oxime groups is 1. The Balaban J connectivity index is 2.21. The van der Waals surface area contributed by atoms with Crippen LogP contribution in [0.3, 0.4) is 0 Å². The van der Waals surface area contributed by atoms with Crippen LogP contribution in [0.2, 0.25) is 0 Å². The second-order valence-electron chi connectivity index (χ2n) is 5.72. The van der Waals surface area contributed by atoms with E-state index in [0.29, 0.717) is 17.0 Å². The van der Waals surface area contributed by atoms with Crippen molar-refractivity contribution in [1.29, 1.82) is 0 Å². The summed E-state index contributed by atoms with van der Waals surface area (Å²) in [5.74, 6) is 0. The second-order valence-corrected chi connectivity index (χ2v) is 5.72. The molecule has 7 heteroatoms. The maximum absolute atomic E-state index is 12.0. The fourth-order valence-electron chi connectivity index (χ4n) is 2.43. The highest BCUT2D eigenvalue weighted by Gasteiger charge is 2.27. The number of carbonyl (C=O) groups excluding carboxylic acids is 2. The Hall–Kier alpha value is -3.35. The second kappa shape index (κ2) is 9.38. The number of anilines is 1. The van der Waals surface area contributed by atoms with Crippen molar-refractivity contribution >= 4 is 23.6 Å². The zero-order chi connectivity index (χ0) is 19.8. The predicted octanol–water partition coefficient (Wildman–Crippen LogP) is 4.28. The normalized spacial score (nSPS) is 10.9. The number of benzene rings is 2. The van der Waals surface area contributed by atoms with Crippen molar-refractivity contribution in [2.75, 3.05) is 19.1 Å². The third-order valence-corrected chi connectivity index (χ3v) is 3.80. The fourth-order valence-corrected chi connectivity index (χ4v) is 2.43. The highest BCUT2D eigenvalue weighted by atomic mass is 16.6. The average Bonchev–Trinajstić information content (AvgIpc) is 2.68. The Bertz CT molecular complexity index is 832. The molecule has 0 atom stereocenters. The van der Waals surface area contributed by atoms with Gasteiger partial charge in [0.15, 0.2) is 0 Å². The number of aryl methyl sites for hydroxylation is 1. The lowest BCUT2D eigenvalue weighted by molar-refractivity contribution is 0.130. The fraction of sp³-hybridized carbons (Fsp3) is 0.250. The quantitative estimate of drug-likeness (QED) is 0.580. The van der Waals surface area contributed by atoms with Crippen LogP contribution >= 0.6 is 0 Å². The molecule has 2 amide bonds. The number of ether oxygens (including phenoxy) is 2. The Morgan fingerprint density at radius 1 is 1.00 bits per heavy atom. The molecular weight excluding hydrogens is 348 g/mol. The molecule has 0 aliphatic carbocycles. The number of para-hydroxylation sites is 1. The number of amides is 2. The minimum absolute atomic E-state index is 0.0593. The van der Waals surface area contributed by atoms with Crippen molar-refractivity contribution in [2.24, 2.45) is 5.16 Å². The van der Waals surface area contributed by atoms with Crippen LogP contribution in [-0.4, -0.2) is 32.1 Å². The molecule has 2 aromatic rings. The van der Waals surface area contributed by atoms with Crippen LogP contribution in [0.5, 0.6) is 0 Å². The maximum atomic E-state index is 12.0. The van der Waals surface area contributed by atoms with Crippen molar-refractivity contribution in [3.63, 3.8) is 0 Å². The van der Waals surface area contributed by atoms with Crippen molar-refractivity contribution in [3.05, 3.63) is 65.2 Å². The predicted molar refractivity (Wildman–Crippen MR) is 102 cm³/mol. The van der Waals surface area contributed by atoms with Gasteiger partial charge in [-0.15, -0.1) is 0 Å². The van der Waals surface area contributed by atoms with Crippen LogP contribution in [0.25, 0.3) is 0 Å². The summed E-state index contributed by atoms with van der Waals surface area (Å²) in [5, 5.41) is 4.13. The van der Waals surface area contributed by atoms with Crippen LogP contribution in [0.1, 0.15) is 23.6 Å². The van der Waals surface area contributed by atoms with Crippen LogP contribution in [0.15, 0.2) is 53.7 Å². The Labute approximate surface area is 158 Å². The van der Waals surface area contributed by atoms with E-state index in [4.69, 9.17) is 4.84 Å². The minimum Gasteiger partial charge on any atom is -0.452 e. The van der Waals surface area contributed by atoms with Crippen LogP contribution < -0.4 is 4.90 Å². The van der Waals surface area contributed by atoms with E-state index in [9.17, 15) is 9.59 Å². The topological polar surface area (TPSA) is 77.4 Å². The van der Waals surface area contributed by atoms with Gasteiger partial charge in [-0.05, 0) is 25.5 Å². The summed E-state index contributed by atoms with van der Waals surface area (Å²) < 4.78 is 9.35. The van der Waals surface area contributed by atoms with Gasteiger partial charge in [0.05, 0.1) is 25.6 Å². The zero-order valence-electron chi connectivity index (χ0n) is 15.8. The van der Waals surface area contributed by atoms with Gasteiger partial charge in [0.1, 0.15) is 6.61 Å². The first-order chi connectivity index (χ1) is 13.0. The summed E-state index contributed by atoms with van der Waals surface area (Å²) >= 11 is 0. The van der Waals surface area contributed by atoms with Crippen molar-refractivity contribution in [2.45, 2.75) is 20.5 Å². The number of methoxy groups -OCH3 is 2. The molecule has 0 spiro atoms. The Kier molecular flexibility index (Phi) is 6.93. The molecule has 0 aromatic heterocycles. The van der Waals surface area contributed by atoms with Crippen LogP contribution in [0.4, 0.5) is 15.3 Å². The molecule has 0 aliphatic heterocycles. The first-order valence-electron chi connectivity index (χ1n) is 8.25. The molecule has 0 saturated heterocycles. The zero-order valence-corrected chi connectivity index (χ0v) is 15.8. The third kappa shape index (κ3) is 5.07. The lowest BCUT2D eigenvalue weighted by Gasteiger charge is -2.20. The molecule has 0 radical (unpaired) electrons. The molecule has 2 aromatic carbocycles.